The van der Waals surface area contributed by atoms with Crippen LogP contribution in [0, 0.1) is 0 Å². The number of nitrogens with zero attached hydrogens (tertiary/aromatic N) is 1. The molecule has 0 saturated carbocycles. The summed E-state index contributed by atoms with van der Waals surface area (Å²) in [6.45, 7) is 0. The number of halogens is 1. The van der Waals surface area contributed by atoms with E-state index in [-0.39, 0.29) is 46.0 Å². The lowest BCUT2D eigenvalue weighted by Crippen LogP contribution is -1.94. The Bertz CT molecular complexity index is 1830. The molecule has 0 bridgehead atoms. The van der Waals surface area contributed by atoms with E-state index in [0.717, 1.165) is 0 Å². The minimum atomic E-state index is -0.476. The number of hydrogen-bond donors (Lipinski definition) is 0. The molecular weight excluding hydrogens is 354 g/mol. The van der Waals surface area contributed by atoms with Gasteiger partial charge in [0.25, 0.3) is 0 Å². The molecule has 3 heteroatoms. The first-order valence-electron chi connectivity index (χ1n) is 12.3. The lowest BCUT2D eigenvalue weighted by Gasteiger charge is -2.09. The fourth-order valence-electron chi connectivity index (χ4n) is 3.63. The van der Waals surface area contributed by atoms with Crippen molar-refractivity contribution in [2.24, 2.45) is 0 Å². The molecule has 0 amide bonds. The van der Waals surface area contributed by atoms with E-state index < -0.39 is 24.2 Å². The Morgan fingerprint density at radius 2 is 1.48 bits per heavy atom. The van der Waals surface area contributed by atoms with E-state index in [1.54, 1.807) is 36.4 Å². The molecular formula is C24H14ClNO. The van der Waals surface area contributed by atoms with Crippen molar-refractivity contribution >= 4 is 55.3 Å². The molecule has 0 unspecified atom stereocenters. The molecule has 2 heterocycles. The molecule has 0 radical (unpaired) electrons. The standard InChI is InChI=1S/C24H14ClNO/c25-15-12-13-18-23(14-15)27-22-11-5-10-21(24(18)22)26-19-8-3-1-6-16(19)17-7-2-4-9-20(17)26/h1-14H/i1D,2D,3D,4D,6D,7D,8D,9D. The third-order valence-corrected chi connectivity index (χ3v) is 4.95. The summed E-state index contributed by atoms with van der Waals surface area (Å²) in [6, 6.07) is 7.06. The maximum absolute atomic E-state index is 8.69. The number of benzene rings is 4. The minimum Gasteiger partial charge on any atom is -0.456 e. The van der Waals surface area contributed by atoms with E-state index in [1.165, 1.54) is 4.57 Å². The van der Waals surface area contributed by atoms with Gasteiger partial charge in [0.05, 0.1) is 33.1 Å². The van der Waals surface area contributed by atoms with Gasteiger partial charge < -0.3 is 8.98 Å². The summed E-state index contributed by atoms with van der Waals surface area (Å²) in [5.41, 5.74) is 1.60. The molecule has 0 aliphatic carbocycles. The monoisotopic (exact) mass is 375 g/mol. The largest absolute Gasteiger partial charge is 0.456 e. The van der Waals surface area contributed by atoms with Gasteiger partial charge in [-0.3, -0.25) is 0 Å². The summed E-state index contributed by atoms with van der Waals surface area (Å²) in [7, 11) is 0. The van der Waals surface area contributed by atoms with Crippen LogP contribution in [0.1, 0.15) is 11.0 Å². The zero-order valence-corrected chi connectivity index (χ0v) is 14.5. The molecule has 0 N–H and O–H groups in total. The molecule has 2 aromatic heterocycles. The van der Waals surface area contributed by atoms with Crippen LogP contribution in [0.15, 0.2) is 89.2 Å². The van der Waals surface area contributed by atoms with Crippen molar-refractivity contribution < 1.29 is 15.4 Å². The molecule has 0 spiro atoms. The Balaban J connectivity index is 1.97. The van der Waals surface area contributed by atoms with Crippen molar-refractivity contribution in [1.29, 1.82) is 0 Å². The van der Waals surface area contributed by atoms with E-state index in [1.807, 2.05) is 0 Å². The summed E-state index contributed by atoms with van der Waals surface area (Å²) in [4.78, 5) is 0. The lowest BCUT2D eigenvalue weighted by molar-refractivity contribution is 0.669. The van der Waals surface area contributed by atoms with Gasteiger partial charge in [-0.1, -0.05) is 53.9 Å². The summed E-state index contributed by atoms with van der Waals surface area (Å²) in [5.74, 6) is 0. The molecule has 4 aromatic carbocycles. The van der Waals surface area contributed by atoms with Crippen LogP contribution < -0.4 is 0 Å². The SMILES string of the molecule is [2H]c1c([2H])c([2H])c2c(c1[2H])c1c([2H])c([2H])c([2H])c([2H])c1n2-c1cccc2oc3cc(Cl)ccc3c12. The Morgan fingerprint density at radius 1 is 0.778 bits per heavy atom. The topological polar surface area (TPSA) is 18.1 Å². The Labute approximate surface area is 171 Å². The van der Waals surface area contributed by atoms with Gasteiger partial charge in [-0.05, 0) is 36.4 Å². The average Bonchev–Trinajstić information content (AvgIpc) is 3.39. The van der Waals surface area contributed by atoms with E-state index in [4.69, 9.17) is 27.0 Å². The van der Waals surface area contributed by atoms with Crippen molar-refractivity contribution in [3.05, 3.63) is 89.8 Å². The Morgan fingerprint density at radius 3 is 2.22 bits per heavy atom. The number of para-hydroxylation sites is 2. The first-order chi connectivity index (χ1) is 16.6. The van der Waals surface area contributed by atoms with Crippen LogP contribution in [0.4, 0.5) is 0 Å². The second-order valence-corrected chi connectivity index (χ2v) is 6.61. The maximum Gasteiger partial charge on any atom is 0.137 e. The normalized spacial score (nSPS) is 16.0. The lowest BCUT2D eigenvalue weighted by atomic mass is 10.1. The molecule has 0 atom stereocenters. The molecule has 27 heavy (non-hydrogen) atoms. The molecule has 128 valence electrons. The number of fused-ring (bicyclic) bond motifs is 6. The highest BCUT2D eigenvalue weighted by Crippen LogP contribution is 2.38. The summed E-state index contributed by atoms with van der Waals surface area (Å²) in [6.07, 6.45) is 0. The highest BCUT2D eigenvalue weighted by atomic mass is 35.5. The molecule has 2 nitrogen and oxygen atoms in total. The first kappa shape index (κ1) is 9.12. The third-order valence-electron chi connectivity index (χ3n) is 4.71. The third kappa shape index (κ3) is 2.02. The Hall–Kier alpha value is -3.23. The van der Waals surface area contributed by atoms with E-state index >= 15 is 0 Å². The summed E-state index contributed by atoms with van der Waals surface area (Å²) in [5, 5.41) is 1.88. The van der Waals surface area contributed by atoms with Crippen LogP contribution >= 0.6 is 11.6 Å². The van der Waals surface area contributed by atoms with Gasteiger partial charge in [0, 0.05) is 27.2 Å². The molecule has 0 aliphatic rings. The number of hydrogen-bond acceptors (Lipinski definition) is 1. The van der Waals surface area contributed by atoms with Gasteiger partial charge in [-0.25, -0.2) is 0 Å². The van der Waals surface area contributed by atoms with Gasteiger partial charge in [0.2, 0.25) is 0 Å². The van der Waals surface area contributed by atoms with Gasteiger partial charge >= 0.3 is 0 Å². The van der Waals surface area contributed by atoms with Crippen LogP contribution in [-0.2, 0) is 0 Å². The van der Waals surface area contributed by atoms with Crippen LogP contribution in [0.2, 0.25) is 5.02 Å². The second-order valence-electron chi connectivity index (χ2n) is 6.18. The highest BCUT2D eigenvalue weighted by Gasteiger charge is 2.17. The zero-order chi connectivity index (χ0) is 24.9. The molecule has 6 aromatic rings. The van der Waals surface area contributed by atoms with E-state index in [0.29, 0.717) is 32.6 Å². The molecule has 0 saturated heterocycles. The number of furan rings is 1. The van der Waals surface area contributed by atoms with Gasteiger partial charge in [-0.15, -0.1) is 0 Å². The van der Waals surface area contributed by atoms with Gasteiger partial charge in [-0.2, -0.15) is 0 Å². The predicted octanol–water partition coefficient (Wildman–Crippen LogP) is 7.34. The van der Waals surface area contributed by atoms with Crippen molar-refractivity contribution in [1.82, 2.24) is 4.57 Å². The van der Waals surface area contributed by atoms with Crippen molar-refractivity contribution in [2.75, 3.05) is 0 Å². The number of rotatable bonds is 1. The average molecular weight is 376 g/mol. The molecule has 0 fully saturated rings. The Kier molecular flexibility index (Phi) is 1.82. The summed E-state index contributed by atoms with van der Waals surface area (Å²) >= 11 is 6.15. The van der Waals surface area contributed by atoms with Crippen LogP contribution in [0.3, 0.4) is 0 Å². The van der Waals surface area contributed by atoms with E-state index in [9.17, 15) is 0 Å². The smallest absolute Gasteiger partial charge is 0.137 e. The van der Waals surface area contributed by atoms with Crippen molar-refractivity contribution in [2.45, 2.75) is 0 Å². The van der Waals surface area contributed by atoms with Gasteiger partial charge in [0.15, 0.2) is 0 Å². The number of aromatic nitrogens is 1. The fraction of sp³-hybridized carbons (Fsp3) is 0. The molecule has 0 aliphatic heterocycles. The minimum absolute atomic E-state index is 0.0332. The fourth-order valence-corrected chi connectivity index (χ4v) is 3.79. The van der Waals surface area contributed by atoms with Crippen molar-refractivity contribution in [3.8, 4) is 5.69 Å². The quantitative estimate of drug-likeness (QED) is 0.294. The van der Waals surface area contributed by atoms with E-state index in [2.05, 4.69) is 0 Å². The van der Waals surface area contributed by atoms with Gasteiger partial charge in [0.1, 0.15) is 11.2 Å². The maximum atomic E-state index is 8.69. The molecule has 6 rings (SSSR count). The predicted molar refractivity (Wildman–Crippen MR) is 113 cm³/mol. The summed E-state index contributed by atoms with van der Waals surface area (Å²) < 4.78 is 74.9. The van der Waals surface area contributed by atoms with Crippen LogP contribution in [0.25, 0.3) is 49.4 Å². The van der Waals surface area contributed by atoms with Crippen LogP contribution in [-0.4, -0.2) is 4.57 Å². The second kappa shape index (κ2) is 5.38. The first-order valence-corrected chi connectivity index (χ1v) is 8.63. The van der Waals surface area contributed by atoms with Crippen molar-refractivity contribution in [3.63, 3.8) is 0 Å². The zero-order valence-electron chi connectivity index (χ0n) is 21.7. The highest BCUT2D eigenvalue weighted by molar-refractivity contribution is 6.31. The van der Waals surface area contributed by atoms with Crippen LogP contribution in [0.5, 0.6) is 0 Å².